The van der Waals surface area contributed by atoms with E-state index in [0.29, 0.717) is 18.3 Å². The molecule has 1 aromatic heterocycles. The number of nitrogens with two attached hydrogens (primary N) is 1. The molecule has 0 fully saturated rings. The number of nitrogen functional groups attached to an aromatic ring is 1. The van der Waals surface area contributed by atoms with Crippen LogP contribution in [0.3, 0.4) is 0 Å². The number of aromatic nitrogens is 2. The number of rotatable bonds is 1. The van der Waals surface area contributed by atoms with Crippen LogP contribution in [0.1, 0.15) is 0 Å². The van der Waals surface area contributed by atoms with Gasteiger partial charge in [0.05, 0.1) is 5.56 Å². The maximum absolute atomic E-state index is 5.59. The van der Waals surface area contributed by atoms with Crippen molar-refractivity contribution in [3.05, 3.63) is 18.2 Å². The molecule has 2 aromatic rings. The number of ether oxygens (including phenoxy) is 2. The Labute approximate surface area is 95.8 Å². The first-order chi connectivity index (χ1) is 7.84. The molecule has 0 bridgehead atoms. The fourth-order valence-electron chi connectivity index (χ4n) is 1.59. The van der Waals surface area contributed by atoms with Gasteiger partial charge in [0.2, 0.25) is 5.13 Å². The van der Waals surface area contributed by atoms with Gasteiger partial charge in [-0.05, 0) is 12.1 Å². The molecule has 1 aliphatic rings. The molecule has 0 spiro atoms. The van der Waals surface area contributed by atoms with Gasteiger partial charge in [-0.3, -0.25) is 0 Å². The van der Waals surface area contributed by atoms with Crippen LogP contribution >= 0.6 is 11.3 Å². The molecular weight excluding hydrogens is 226 g/mol. The third-order valence-corrected chi connectivity index (χ3v) is 3.02. The topological polar surface area (TPSA) is 70.3 Å². The van der Waals surface area contributed by atoms with Crippen molar-refractivity contribution in [2.45, 2.75) is 0 Å². The van der Waals surface area contributed by atoms with Crippen LogP contribution in [0.4, 0.5) is 5.13 Å². The van der Waals surface area contributed by atoms with Crippen LogP contribution in [0.15, 0.2) is 18.2 Å². The molecular formula is C10H9N3O2S. The molecule has 0 saturated carbocycles. The molecule has 1 aromatic carbocycles. The summed E-state index contributed by atoms with van der Waals surface area (Å²) in [6, 6.07) is 5.70. The minimum absolute atomic E-state index is 0.448. The van der Waals surface area contributed by atoms with E-state index < -0.39 is 0 Å². The molecule has 0 amide bonds. The predicted octanol–water partition coefficient (Wildman–Crippen LogP) is 1.56. The molecule has 0 saturated heterocycles. The van der Waals surface area contributed by atoms with Crippen molar-refractivity contribution in [1.82, 2.24) is 10.2 Å². The van der Waals surface area contributed by atoms with E-state index in [9.17, 15) is 0 Å². The number of para-hydroxylation sites is 1. The number of benzene rings is 1. The van der Waals surface area contributed by atoms with Crippen LogP contribution in [0.2, 0.25) is 0 Å². The lowest BCUT2D eigenvalue weighted by atomic mass is 10.2. The summed E-state index contributed by atoms with van der Waals surface area (Å²) in [5.74, 6) is 1.47. The second kappa shape index (κ2) is 3.64. The van der Waals surface area contributed by atoms with Crippen LogP contribution in [-0.2, 0) is 0 Å². The molecule has 2 N–H and O–H groups in total. The Balaban J connectivity index is 2.13. The van der Waals surface area contributed by atoms with Crippen LogP contribution in [0.5, 0.6) is 11.5 Å². The summed E-state index contributed by atoms with van der Waals surface area (Å²) in [7, 11) is 0. The summed E-state index contributed by atoms with van der Waals surface area (Å²) in [6.45, 7) is 1.13. The van der Waals surface area contributed by atoms with E-state index in [1.54, 1.807) is 0 Å². The van der Waals surface area contributed by atoms with E-state index >= 15 is 0 Å². The monoisotopic (exact) mass is 235 g/mol. The Morgan fingerprint density at radius 2 is 2.06 bits per heavy atom. The fraction of sp³-hybridized carbons (Fsp3) is 0.200. The van der Waals surface area contributed by atoms with E-state index in [-0.39, 0.29) is 0 Å². The van der Waals surface area contributed by atoms with Gasteiger partial charge < -0.3 is 15.2 Å². The lowest BCUT2D eigenvalue weighted by Gasteiger charge is -2.19. The van der Waals surface area contributed by atoms with Gasteiger partial charge in [0, 0.05) is 0 Å². The molecule has 6 heteroatoms. The molecule has 0 aliphatic carbocycles. The van der Waals surface area contributed by atoms with Gasteiger partial charge >= 0.3 is 0 Å². The van der Waals surface area contributed by atoms with Gasteiger partial charge in [-0.2, -0.15) is 0 Å². The maximum Gasteiger partial charge on any atom is 0.203 e. The number of fused-ring (bicyclic) bond motifs is 1. The Bertz CT molecular complexity index is 527. The molecule has 1 aliphatic heterocycles. The summed E-state index contributed by atoms with van der Waals surface area (Å²) < 4.78 is 11.1. The quantitative estimate of drug-likeness (QED) is 0.812. The van der Waals surface area contributed by atoms with E-state index in [4.69, 9.17) is 15.2 Å². The first kappa shape index (κ1) is 9.41. The lowest BCUT2D eigenvalue weighted by molar-refractivity contribution is 0.172. The number of anilines is 1. The molecule has 16 heavy (non-hydrogen) atoms. The first-order valence-electron chi connectivity index (χ1n) is 4.82. The van der Waals surface area contributed by atoms with Gasteiger partial charge in [-0.1, -0.05) is 17.4 Å². The minimum atomic E-state index is 0.448. The molecule has 0 atom stereocenters. The van der Waals surface area contributed by atoms with Crippen LogP contribution in [-0.4, -0.2) is 23.4 Å². The summed E-state index contributed by atoms with van der Waals surface area (Å²) in [6.07, 6.45) is 0. The van der Waals surface area contributed by atoms with Crippen molar-refractivity contribution in [2.75, 3.05) is 18.9 Å². The third-order valence-electron chi connectivity index (χ3n) is 2.24. The largest absolute Gasteiger partial charge is 0.486 e. The van der Waals surface area contributed by atoms with Crippen molar-refractivity contribution in [2.24, 2.45) is 0 Å². The second-order valence-corrected chi connectivity index (χ2v) is 4.28. The van der Waals surface area contributed by atoms with Gasteiger partial charge in [-0.25, -0.2) is 0 Å². The number of hydrogen-bond acceptors (Lipinski definition) is 6. The molecule has 5 nitrogen and oxygen atoms in total. The standard InChI is InChI=1S/C10H9N3O2S/c11-10-13-12-9(16-10)6-2-1-3-7-8(6)15-5-4-14-7/h1-3H,4-5H2,(H2,11,13). The summed E-state index contributed by atoms with van der Waals surface area (Å²) in [5.41, 5.74) is 6.45. The van der Waals surface area contributed by atoms with Crippen LogP contribution in [0, 0.1) is 0 Å². The van der Waals surface area contributed by atoms with Crippen molar-refractivity contribution >= 4 is 16.5 Å². The Hall–Kier alpha value is -1.82. The summed E-state index contributed by atoms with van der Waals surface area (Å²) >= 11 is 1.33. The van der Waals surface area contributed by atoms with E-state index in [1.165, 1.54) is 11.3 Å². The van der Waals surface area contributed by atoms with Gasteiger partial charge in [0.25, 0.3) is 0 Å². The van der Waals surface area contributed by atoms with Crippen LogP contribution < -0.4 is 15.2 Å². The highest BCUT2D eigenvalue weighted by molar-refractivity contribution is 7.18. The molecule has 82 valence electrons. The SMILES string of the molecule is Nc1nnc(-c2cccc3c2OCCO3)s1. The normalized spacial score (nSPS) is 13.8. The molecule has 3 rings (SSSR count). The zero-order valence-electron chi connectivity index (χ0n) is 8.34. The lowest BCUT2D eigenvalue weighted by Crippen LogP contribution is -2.15. The van der Waals surface area contributed by atoms with Gasteiger partial charge in [0.15, 0.2) is 16.5 Å². The summed E-state index contributed by atoms with van der Waals surface area (Å²) in [4.78, 5) is 0. The summed E-state index contributed by atoms with van der Waals surface area (Å²) in [5, 5.41) is 8.99. The van der Waals surface area contributed by atoms with Crippen molar-refractivity contribution in [1.29, 1.82) is 0 Å². The zero-order chi connectivity index (χ0) is 11.0. The Morgan fingerprint density at radius 3 is 2.88 bits per heavy atom. The third kappa shape index (κ3) is 1.47. The van der Waals surface area contributed by atoms with E-state index in [2.05, 4.69) is 10.2 Å². The molecule has 0 unspecified atom stereocenters. The molecule has 0 radical (unpaired) electrons. The Kier molecular flexibility index (Phi) is 2.14. The highest BCUT2D eigenvalue weighted by atomic mass is 32.1. The first-order valence-corrected chi connectivity index (χ1v) is 5.64. The van der Waals surface area contributed by atoms with Crippen molar-refractivity contribution in [3.8, 4) is 22.1 Å². The smallest absolute Gasteiger partial charge is 0.203 e. The van der Waals surface area contributed by atoms with Crippen molar-refractivity contribution in [3.63, 3.8) is 0 Å². The van der Waals surface area contributed by atoms with E-state index in [1.807, 2.05) is 18.2 Å². The van der Waals surface area contributed by atoms with E-state index in [0.717, 1.165) is 22.1 Å². The predicted molar refractivity (Wildman–Crippen MR) is 60.7 cm³/mol. The molecule has 2 heterocycles. The Morgan fingerprint density at radius 1 is 1.19 bits per heavy atom. The number of hydrogen-bond donors (Lipinski definition) is 1. The minimum Gasteiger partial charge on any atom is -0.486 e. The van der Waals surface area contributed by atoms with Gasteiger partial charge in [-0.15, -0.1) is 10.2 Å². The highest BCUT2D eigenvalue weighted by Crippen LogP contribution is 2.40. The van der Waals surface area contributed by atoms with Crippen molar-refractivity contribution < 1.29 is 9.47 Å². The second-order valence-electron chi connectivity index (χ2n) is 3.28. The number of nitrogens with zero attached hydrogens (tertiary/aromatic N) is 2. The van der Waals surface area contributed by atoms with Gasteiger partial charge in [0.1, 0.15) is 13.2 Å². The average Bonchev–Trinajstić information content (AvgIpc) is 2.75. The zero-order valence-corrected chi connectivity index (χ0v) is 9.16. The maximum atomic E-state index is 5.59. The van der Waals surface area contributed by atoms with Crippen LogP contribution in [0.25, 0.3) is 10.6 Å². The average molecular weight is 235 g/mol. The highest BCUT2D eigenvalue weighted by Gasteiger charge is 2.18. The fourth-order valence-corrected chi connectivity index (χ4v) is 2.22.